The standard InChI is InChI=1S/C20H28N2O2/c1-24-18-7-5-16(6-8-18)13-21-12-10-20(15-21)9-2-11-22(19(20)23)14-17-3-4-17/h5-8,17H,2-4,9-15H2,1H3/t20-/m1/s1. The minimum Gasteiger partial charge on any atom is -0.497 e. The summed E-state index contributed by atoms with van der Waals surface area (Å²) in [5.41, 5.74) is 1.20. The molecule has 0 radical (unpaired) electrons. The number of hydrogen-bond donors (Lipinski definition) is 0. The first kappa shape index (κ1) is 15.9. The Morgan fingerprint density at radius 1 is 1.17 bits per heavy atom. The maximum Gasteiger partial charge on any atom is 0.230 e. The molecule has 0 N–H and O–H groups in total. The van der Waals surface area contributed by atoms with E-state index in [0.29, 0.717) is 5.91 Å². The fourth-order valence-corrected chi connectivity index (χ4v) is 4.40. The third-order valence-electron chi connectivity index (χ3n) is 6.00. The molecular formula is C20H28N2O2. The number of piperidine rings is 1. The van der Waals surface area contributed by atoms with Crippen molar-refractivity contribution in [2.24, 2.45) is 11.3 Å². The number of hydrogen-bond acceptors (Lipinski definition) is 3. The molecule has 4 heteroatoms. The van der Waals surface area contributed by atoms with Gasteiger partial charge in [0.2, 0.25) is 5.91 Å². The lowest BCUT2D eigenvalue weighted by molar-refractivity contribution is -0.145. The fourth-order valence-electron chi connectivity index (χ4n) is 4.40. The highest BCUT2D eigenvalue weighted by Gasteiger charge is 2.48. The molecule has 1 atom stereocenters. The van der Waals surface area contributed by atoms with E-state index >= 15 is 0 Å². The Hall–Kier alpha value is -1.55. The molecule has 1 aliphatic carbocycles. The molecule has 2 aliphatic heterocycles. The number of likely N-dealkylation sites (tertiary alicyclic amines) is 2. The summed E-state index contributed by atoms with van der Waals surface area (Å²) in [6, 6.07) is 8.30. The molecule has 1 aromatic carbocycles. The topological polar surface area (TPSA) is 32.8 Å². The molecule has 3 fully saturated rings. The molecule has 2 heterocycles. The third-order valence-corrected chi connectivity index (χ3v) is 6.00. The van der Waals surface area contributed by atoms with E-state index in [4.69, 9.17) is 4.74 Å². The normalized spacial score (nSPS) is 27.9. The Labute approximate surface area is 144 Å². The van der Waals surface area contributed by atoms with Gasteiger partial charge in [0.15, 0.2) is 0 Å². The van der Waals surface area contributed by atoms with Gasteiger partial charge >= 0.3 is 0 Å². The molecule has 3 aliphatic rings. The van der Waals surface area contributed by atoms with Crippen LogP contribution in [0, 0.1) is 11.3 Å². The van der Waals surface area contributed by atoms with E-state index in [0.717, 1.165) is 57.2 Å². The number of ether oxygens (including phenoxy) is 1. The van der Waals surface area contributed by atoms with Crippen molar-refractivity contribution < 1.29 is 9.53 Å². The van der Waals surface area contributed by atoms with Gasteiger partial charge in [-0.15, -0.1) is 0 Å². The Kier molecular flexibility index (Phi) is 4.25. The predicted octanol–water partition coefficient (Wildman–Crippen LogP) is 2.92. The first-order chi connectivity index (χ1) is 11.7. The van der Waals surface area contributed by atoms with Crippen LogP contribution in [0.2, 0.25) is 0 Å². The van der Waals surface area contributed by atoms with Gasteiger partial charge in [0.1, 0.15) is 5.75 Å². The van der Waals surface area contributed by atoms with E-state index in [1.807, 2.05) is 12.1 Å². The van der Waals surface area contributed by atoms with Crippen molar-refractivity contribution in [2.75, 3.05) is 33.3 Å². The summed E-state index contributed by atoms with van der Waals surface area (Å²) in [6.07, 6.45) is 5.92. The van der Waals surface area contributed by atoms with Gasteiger partial charge in [-0.25, -0.2) is 0 Å². The molecule has 4 rings (SSSR count). The number of benzene rings is 1. The van der Waals surface area contributed by atoms with Crippen LogP contribution in [0.15, 0.2) is 24.3 Å². The van der Waals surface area contributed by atoms with Crippen LogP contribution in [-0.2, 0) is 11.3 Å². The minimum atomic E-state index is -0.0976. The summed E-state index contributed by atoms with van der Waals surface area (Å²) in [5, 5.41) is 0. The maximum absolute atomic E-state index is 13.1. The van der Waals surface area contributed by atoms with E-state index in [9.17, 15) is 4.79 Å². The lowest BCUT2D eigenvalue weighted by atomic mass is 9.78. The number of carbonyl (C=O) groups excluding carboxylic acids is 1. The van der Waals surface area contributed by atoms with Gasteiger partial charge < -0.3 is 9.64 Å². The summed E-state index contributed by atoms with van der Waals surface area (Å²) in [7, 11) is 1.70. The zero-order chi connectivity index (χ0) is 16.6. The molecule has 1 saturated carbocycles. The summed E-state index contributed by atoms with van der Waals surface area (Å²) >= 11 is 0. The van der Waals surface area contributed by atoms with Crippen LogP contribution in [0.4, 0.5) is 0 Å². The highest BCUT2D eigenvalue weighted by molar-refractivity contribution is 5.84. The second-order valence-electron chi connectivity index (χ2n) is 7.89. The van der Waals surface area contributed by atoms with Gasteiger partial charge in [-0.05, 0) is 62.3 Å². The first-order valence-electron chi connectivity index (χ1n) is 9.33. The van der Waals surface area contributed by atoms with Crippen molar-refractivity contribution in [3.05, 3.63) is 29.8 Å². The van der Waals surface area contributed by atoms with Gasteiger partial charge in [0.25, 0.3) is 0 Å². The molecule has 1 amide bonds. The van der Waals surface area contributed by atoms with Gasteiger partial charge in [-0.1, -0.05) is 12.1 Å². The number of methoxy groups -OCH3 is 1. The molecule has 4 nitrogen and oxygen atoms in total. The maximum atomic E-state index is 13.1. The van der Waals surface area contributed by atoms with E-state index in [1.54, 1.807) is 7.11 Å². The molecule has 24 heavy (non-hydrogen) atoms. The van der Waals surface area contributed by atoms with Gasteiger partial charge in [0.05, 0.1) is 12.5 Å². The van der Waals surface area contributed by atoms with Crippen LogP contribution in [0.25, 0.3) is 0 Å². The molecule has 130 valence electrons. The Bertz CT molecular complexity index is 596. The summed E-state index contributed by atoms with van der Waals surface area (Å²) in [5.74, 6) is 2.13. The van der Waals surface area contributed by atoms with Crippen LogP contribution in [0.3, 0.4) is 0 Å². The van der Waals surface area contributed by atoms with Crippen LogP contribution in [0.5, 0.6) is 5.75 Å². The van der Waals surface area contributed by atoms with E-state index in [2.05, 4.69) is 21.9 Å². The average Bonchev–Trinajstić information content (AvgIpc) is 3.33. The van der Waals surface area contributed by atoms with Gasteiger partial charge in [0, 0.05) is 26.2 Å². The number of rotatable bonds is 5. The Morgan fingerprint density at radius 2 is 1.96 bits per heavy atom. The molecule has 1 spiro atoms. The average molecular weight is 328 g/mol. The van der Waals surface area contributed by atoms with Gasteiger partial charge in [-0.3, -0.25) is 9.69 Å². The monoisotopic (exact) mass is 328 g/mol. The van der Waals surface area contributed by atoms with E-state index in [-0.39, 0.29) is 5.41 Å². The lowest BCUT2D eigenvalue weighted by Gasteiger charge is -2.39. The molecule has 1 aromatic rings. The van der Waals surface area contributed by atoms with Crippen LogP contribution >= 0.6 is 0 Å². The van der Waals surface area contributed by atoms with Crippen molar-refractivity contribution in [1.29, 1.82) is 0 Å². The van der Waals surface area contributed by atoms with Gasteiger partial charge in [-0.2, -0.15) is 0 Å². The quantitative estimate of drug-likeness (QED) is 0.833. The second-order valence-corrected chi connectivity index (χ2v) is 7.89. The van der Waals surface area contributed by atoms with Crippen LogP contribution < -0.4 is 4.74 Å². The molecule has 0 bridgehead atoms. The zero-order valence-electron chi connectivity index (χ0n) is 14.7. The van der Waals surface area contributed by atoms with Crippen molar-refractivity contribution >= 4 is 5.91 Å². The Balaban J connectivity index is 1.39. The van der Waals surface area contributed by atoms with Crippen LogP contribution in [-0.4, -0.2) is 49.0 Å². The van der Waals surface area contributed by atoms with Crippen LogP contribution in [0.1, 0.15) is 37.7 Å². The van der Waals surface area contributed by atoms with Crippen molar-refractivity contribution in [1.82, 2.24) is 9.80 Å². The molecule has 0 aromatic heterocycles. The number of amides is 1. The van der Waals surface area contributed by atoms with Crippen molar-refractivity contribution in [2.45, 2.75) is 38.6 Å². The first-order valence-corrected chi connectivity index (χ1v) is 9.33. The minimum absolute atomic E-state index is 0.0976. The fraction of sp³-hybridized carbons (Fsp3) is 0.650. The highest BCUT2D eigenvalue weighted by Crippen LogP contribution is 2.42. The number of carbonyl (C=O) groups is 1. The molecule has 0 unspecified atom stereocenters. The summed E-state index contributed by atoms with van der Waals surface area (Å²) in [4.78, 5) is 17.7. The molecular weight excluding hydrogens is 300 g/mol. The predicted molar refractivity (Wildman–Crippen MR) is 93.9 cm³/mol. The number of nitrogens with zero attached hydrogens (tertiary/aromatic N) is 2. The van der Waals surface area contributed by atoms with Crippen molar-refractivity contribution in [3.8, 4) is 5.75 Å². The smallest absolute Gasteiger partial charge is 0.230 e. The zero-order valence-corrected chi connectivity index (χ0v) is 14.7. The van der Waals surface area contributed by atoms with E-state index in [1.165, 1.54) is 24.8 Å². The lowest BCUT2D eigenvalue weighted by Crippen LogP contribution is -2.50. The third kappa shape index (κ3) is 3.16. The summed E-state index contributed by atoms with van der Waals surface area (Å²) in [6.45, 7) is 4.89. The Morgan fingerprint density at radius 3 is 2.67 bits per heavy atom. The largest absolute Gasteiger partial charge is 0.497 e. The summed E-state index contributed by atoms with van der Waals surface area (Å²) < 4.78 is 5.23. The second kappa shape index (κ2) is 6.40. The SMILES string of the molecule is COc1ccc(CN2CC[C@]3(CCCN(CC4CC4)C3=O)C2)cc1. The van der Waals surface area contributed by atoms with E-state index < -0.39 is 0 Å². The van der Waals surface area contributed by atoms with Crippen molar-refractivity contribution in [3.63, 3.8) is 0 Å². The highest BCUT2D eigenvalue weighted by atomic mass is 16.5. The molecule has 2 saturated heterocycles.